The van der Waals surface area contributed by atoms with Crippen molar-refractivity contribution in [1.82, 2.24) is 4.98 Å². The minimum Gasteiger partial charge on any atom is -0.354 e. The molecule has 2 atom stereocenters. The Morgan fingerprint density at radius 2 is 1.05 bits per heavy atom. The van der Waals surface area contributed by atoms with Crippen molar-refractivity contribution in [3.8, 4) is 11.1 Å². The third kappa shape index (κ3) is 6.03. The van der Waals surface area contributed by atoms with E-state index in [0.29, 0.717) is 0 Å². The minimum atomic E-state index is 0.254. The maximum Gasteiger partial charge on any atom is 0.0471 e. The number of hydrogen-bond donors (Lipinski definition) is 1. The van der Waals surface area contributed by atoms with Gasteiger partial charge < -0.3 is 4.98 Å². The predicted molar refractivity (Wildman–Crippen MR) is 186 cm³/mol. The molecule has 0 aliphatic carbocycles. The Balaban J connectivity index is 1.74. The van der Waals surface area contributed by atoms with Crippen LogP contribution in [0.15, 0.2) is 133 Å². The van der Waals surface area contributed by atoms with Gasteiger partial charge in [-0.05, 0) is 81.6 Å². The summed E-state index contributed by atoms with van der Waals surface area (Å²) in [6, 6.07) is 48.2. The van der Waals surface area contributed by atoms with Gasteiger partial charge in [-0.3, -0.25) is 0 Å². The summed E-state index contributed by atoms with van der Waals surface area (Å²) in [6.07, 6.45) is 4.83. The largest absolute Gasteiger partial charge is 0.354 e. The van der Waals surface area contributed by atoms with Gasteiger partial charge in [-0.1, -0.05) is 147 Å². The lowest BCUT2D eigenvalue weighted by Crippen LogP contribution is -2.09. The van der Waals surface area contributed by atoms with Gasteiger partial charge in [0.15, 0.2) is 0 Å². The summed E-state index contributed by atoms with van der Waals surface area (Å²) >= 11 is 0. The molecule has 1 nitrogen and oxygen atoms in total. The molecule has 0 saturated heterocycles. The van der Waals surface area contributed by atoms with Crippen LogP contribution in [0.1, 0.15) is 47.9 Å². The second-order valence-corrected chi connectivity index (χ2v) is 11.6. The highest BCUT2D eigenvalue weighted by Crippen LogP contribution is 2.26. The Morgan fingerprint density at radius 1 is 0.488 bits per heavy atom. The van der Waals surface area contributed by atoms with E-state index in [0.717, 1.165) is 11.0 Å². The third-order valence-corrected chi connectivity index (χ3v) is 8.57. The summed E-state index contributed by atoms with van der Waals surface area (Å²) in [5.41, 5.74) is 9.94. The van der Waals surface area contributed by atoms with Crippen LogP contribution >= 0.6 is 0 Å². The zero-order chi connectivity index (χ0) is 29.8. The van der Waals surface area contributed by atoms with Crippen molar-refractivity contribution in [3.05, 3.63) is 166 Å². The summed E-state index contributed by atoms with van der Waals surface area (Å²) < 4.78 is 0. The van der Waals surface area contributed by atoms with Gasteiger partial charge in [-0.2, -0.15) is 0 Å². The van der Waals surface area contributed by atoms with Crippen LogP contribution in [0, 0.1) is 13.8 Å². The molecule has 1 heteroatoms. The first-order valence-corrected chi connectivity index (χ1v) is 15.3. The molecular weight excluding hydrogens is 518 g/mol. The molecule has 1 aromatic heterocycles. The molecule has 1 N–H and O–H groups in total. The van der Waals surface area contributed by atoms with Crippen LogP contribution in [0.25, 0.3) is 45.1 Å². The summed E-state index contributed by atoms with van der Waals surface area (Å²) in [5.74, 6) is 0.514. The van der Waals surface area contributed by atoms with E-state index in [2.05, 4.69) is 178 Å². The first-order valence-electron chi connectivity index (χ1n) is 15.3. The van der Waals surface area contributed by atoms with E-state index >= 15 is 0 Å². The Kier molecular flexibility index (Phi) is 8.24. The summed E-state index contributed by atoms with van der Waals surface area (Å²) in [6.45, 7) is 9.04. The van der Waals surface area contributed by atoms with Crippen LogP contribution in [-0.2, 0) is 0 Å². The number of rotatable bonds is 5. The van der Waals surface area contributed by atoms with E-state index < -0.39 is 0 Å². The second-order valence-electron chi connectivity index (χ2n) is 11.6. The van der Waals surface area contributed by atoms with E-state index in [-0.39, 0.29) is 11.8 Å². The van der Waals surface area contributed by atoms with Gasteiger partial charge in [-0.15, -0.1) is 0 Å². The number of aromatic amines is 1. The number of aromatic nitrogens is 1. The lowest BCUT2D eigenvalue weighted by atomic mass is 9.93. The lowest BCUT2D eigenvalue weighted by Gasteiger charge is -2.12. The molecule has 43 heavy (non-hydrogen) atoms. The summed E-state index contributed by atoms with van der Waals surface area (Å²) in [7, 11) is 0. The Morgan fingerprint density at radius 3 is 1.72 bits per heavy atom. The first kappa shape index (κ1) is 28.2. The van der Waals surface area contributed by atoms with Gasteiger partial charge in [-0.25, -0.2) is 0 Å². The maximum absolute atomic E-state index is 3.75. The lowest BCUT2D eigenvalue weighted by molar-refractivity contribution is 1.02. The molecule has 5 aromatic carbocycles. The number of aryl methyl sites for hydroxylation is 2. The molecule has 0 saturated carbocycles. The quantitative estimate of drug-likeness (QED) is 0.217. The average molecular weight is 558 g/mol. The summed E-state index contributed by atoms with van der Waals surface area (Å²) in [5, 5.41) is 4.93. The van der Waals surface area contributed by atoms with Crippen LogP contribution in [0.5, 0.6) is 0 Å². The summed E-state index contributed by atoms with van der Waals surface area (Å²) in [4.78, 5) is 3.75. The molecule has 0 bridgehead atoms. The molecule has 1 heterocycles. The molecule has 0 aliphatic heterocycles. The molecule has 0 fully saturated rings. The highest BCUT2D eigenvalue weighted by molar-refractivity contribution is 6.07. The monoisotopic (exact) mass is 557 g/mol. The van der Waals surface area contributed by atoms with Gasteiger partial charge >= 0.3 is 0 Å². The van der Waals surface area contributed by atoms with E-state index in [1.165, 1.54) is 54.6 Å². The van der Waals surface area contributed by atoms with Crippen LogP contribution < -0.4 is 10.4 Å². The fourth-order valence-electron chi connectivity index (χ4n) is 6.21. The van der Waals surface area contributed by atoms with Crippen LogP contribution in [0.2, 0.25) is 0 Å². The van der Waals surface area contributed by atoms with Gasteiger partial charge in [0.2, 0.25) is 0 Å². The number of benzene rings is 4. The Hall–Kier alpha value is -4.88. The van der Waals surface area contributed by atoms with E-state index in [9.17, 15) is 0 Å². The molecule has 0 spiro atoms. The first-order chi connectivity index (χ1) is 21.0. The van der Waals surface area contributed by atoms with Crippen molar-refractivity contribution >= 4 is 34.0 Å². The fraction of sp³-hybridized carbons (Fsp3) is 0.143. The molecule has 0 amide bonds. The van der Waals surface area contributed by atoms with Crippen LogP contribution in [-0.4, -0.2) is 4.98 Å². The SMILES string of the molecule is Cc1ccccc1-c1c(C)cc/c(=C\C(C)c2ccccc2)c2c(cc/c1=C\C(C)c1ccccc1)[nH]c1ccccc12. The van der Waals surface area contributed by atoms with Crippen LogP contribution in [0.3, 0.4) is 0 Å². The number of para-hydroxylation sites is 1. The molecular formula is C42H39N. The fourth-order valence-corrected chi connectivity index (χ4v) is 6.21. The highest BCUT2D eigenvalue weighted by atomic mass is 14.7. The molecule has 6 aromatic rings. The average Bonchev–Trinajstić information content (AvgIpc) is 3.41. The van der Waals surface area contributed by atoms with Crippen molar-refractivity contribution in [3.63, 3.8) is 0 Å². The number of H-pyrrole nitrogens is 1. The molecule has 6 rings (SSSR count). The van der Waals surface area contributed by atoms with Crippen molar-refractivity contribution in [2.24, 2.45) is 0 Å². The van der Waals surface area contributed by atoms with Crippen molar-refractivity contribution in [1.29, 1.82) is 0 Å². The van der Waals surface area contributed by atoms with Crippen molar-refractivity contribution in [2.75, 3.05) is 0 Å². The number of nitrogens with one attached hydrogen (secondary N) is 1. The zero-order valence-corrected chi connectivity index (χ0v) is 25.5. The highest BCUT2D eigenvalue weighted by Gasteiger charge is 2.10. The molecule has 0 aliphatic rings. The normalized spacial score (nSPS) is 13.7. The van der Waals surface area contributed by atoms with E-state index in [1.54, 1.807) is 0 Å². The third-order valence-electron chi connectivity index (χ3n) is 8.57. The van der Waals surface area contributed by atoms with Crippen molar-refractivity contribution < 1.29 is 0 Å². The molecule has 212 valence electrons. The van der Waals surface area contributed by atoms with E-state index in [1.807, 2.05) is 0 Å². The standard InChI is InChI=1S/C42H39N/c1-29-15-11-12-20-37(29)41-30(2)23-24-36(28-32(4)34-18-9-6-10-19-34)42-38-21-13-14-22-39(38)43-40(42)26-25-35(41)27-31(3)33-16-7-5-8-17-33/h5-28,31-32,43H,1-4H3/b24-23?,26-25?,35-27+,36-28+,41-30?. The molecule has 2 unspecified atom stereocenters. The van der Waals surface area contributed by atoms with Gasteiger partial charge in [0.1, 0.15) is 0 Å². The van der Waals surface area contributed by atoms with Crippen LogP contribution in [0.4, 0.5) is 0 Å². The maximum atomic E-state index is 3.75. The smallest absolute Gasteiger partial charge is 0.0471 e. The second kappa shape index (κ2) is 12.5. The topological polar surface area (TPSA) is 15.8 Å². The Bertz CT molecular complexity index is 2070. The van der Waals surface area contributed by atoms with Gasteiger partial charge in [0.05, 0.1) is 0 Å². The number of fused-ring (bicyclic) bond motifs is 3. The van der Waals surface area contributed by atoms with Gasteiger partial charge in [0.25, 0.3) is 0 Å². The predicted octanol–water partition coefficient (Wildman–Crippen LogP) is 9.90. The minimum absolute atomic E-state index is 0.254. The van der Waals surface area contributed by atoms with Crippen molar-refractivity contribution in [2.45, 2.75) is 39.5 Å². The van der Waals surface area contributed by atoms with E-state index in [4.69, 9.17) is 0 Å². The molecule has 0 radical (unpaired) electrons. The Labute approximate surface area is 255 Å². The number of hydrogen-bond acceptors (Lipinski definition) is 0. The van der Waals surface area contributed by atoms with Gasteiger partial charge in [0, 0.05) is 21.8 Å². The zero-order valence-electron chi connectivity index (χ0n) is 25.5.